The molecule has 1 amide bonds. The summed E-state index contributed by atoms with van der Waals surface area (Å²) in [5.74, 6) is 0.433. The zero-order chi connectivity index (χ0) is 13.9. The Balaban J connectivity index is 2.18. The molecule has 0 aliphatic heterocycles. The summed E-state index contributed by atoms with van der Waals surface area (Å²) < 4.78 is 0. The van der Waals surface area contributed by atoms with Crippen molar-refractivity contribution < 1.29 is 4.79 Å². The Hall–Kier alpha value is -1.22. The highest BCUT2D eigenvalue weighted by molar-refractivity contribution is 6.33. The van der Waals surface area contributed by atoms with Gasteiger partial charge >= 0.3 is 0 Å². The fourth-order valence-corrected chi connectivity index (χ4v) is 3.01. The van der Waals surface area contributed by atoms with Crippen molar-refractivity contribution in [2.45, 2.75) is 44.6 Å². The number of benzene rings is 1. The first-order valence-electron chi connectivity index (χ1n) is 6.90. The molecule has 0 heterocycles. The van der Waals surface area contributed by atoms with Crippen LogP contribution in [0.3, 0.4) is 0 Å². The van der Waals surface area contributed by atoms with Crippen LogP contribution in [0, 0.1) is 5.92 Å². The van der Waals surface area contributed by atoms with E-state index in [2.05, 4.69) is 12.2 Å². The first-order valence-corrected chi connectivity index (χ1v) is 7.28. The van der Waals surface area contributed by atoms with Gasteiger partial charge in [-0.2, -0.15) is 0 Å². The van der Waals surface area contributed by atoms with Crippen LogP contribution in [0.2, 0.25) is 5.02 Å². The number of anilines is 1. The van der Waals surface area contributed by atoms with Crippen LogP contribution >= 0.6 is 11.6 Å². The van der Waals surface area contributed by atoms with Gasteiger partial charge in [-0.05, 0) is 43.7 Å². The van der Waals surface area contributed by atoms with Crippen LogP contribution in [0.25, 0.3) is 0 Å². The molecule has 1 aromatic carbocycles. The average Bonchev–Trinajstić information content (AvgIpc) is 2.42. The van der Waals surface area contributed by atoms with Crippen LogP contribution in [0.4, 0.5) is 5.69 Å². The van der Waals surface area contributed by atoms with Gasteiger partial charge in [-0.1, -0.05) is 37.1 Å². The van der Waals surface area contributed by atoms with Crippen LogP contribution in [0.5, 0.6) is 0 Å². The molecular formula is C15H21ClN2O. The Labute approximate surface area is 119 Å². The van der Waals surface area contributed by atoms with E-state index >= 15 is 0 Å². The van der Waals surface area contributed by atoms with Gasteiger partial charge < -0.3 is 11.1 Å². The highest BCUT2D eigenvalue weighted by Gasteiger charge is 2.40. The van der Waals surface area contributed by atoms with Gasteiger partial charge in [-0.25, -0.2) is 0 Å². The monoisotopic (exact) mass is 280 g/mol. The van der Waals surface area contributed by atoms with E-state index in [1.54, 1.807) is 0 Å². The minimum Gasteiger partial charge on any atom is -0.370 e. The maximum absolute atomic E-state index is 11.9. The molecular weight excluding hydrogens is 260 g/mol. The Morgan fingerprint density at radius 2 is 2.05 bits per heavy atom. The fourth-order valence-electron chi connectivity index (χ4n) is 2.83. The molecule has 3 nitrogen and oxygen atoms in total. The standard InChI is InChI=1S/C15H21ClN2O/c1-2-11-7-9-15(10-8-11,14(17)19)18-13-6-4-3-5-12(13)16/h3-6,11,18H,2,7-10H2,1H3,(H2,17,19). The molecule has 0 saturated heterocycles. The molecule has 0 atom stereocenters. The SMILES string of the molecule is CCC1CCC(Nc2ccccc2Cl)(C(N)=O)CC1. The third-order valence-electron chi connectivity index (χ3n) is 4.26. The quantitative estimate of drug-likeness (QED) is 0.886. The Bertz CT molecular complexity index is 453. The molecule has 0 spiro atoms. The molecule has 4 heteroatoms. The lowest BCUT2D eigenvalue weighted by Crippen LogP contribution is -2.52. The summed E-state index contributed by atoms with van der Waals surface area (Å²) in [5, 5.41) is 3.93. The second-order valence-electron chi connectivity index (χ2n) is 5.40. The molecule has 1 fully saturated rings. The normalized spacial score (nSPS) is 26.9. The number of carbonyl (C=O) groups is 1. The number of amides is 1. The fraction of sp³-hybridized carbons (Fsp3) is 0.533. The van der Waals surface area contributed by atoms with Crippen molar-refractivity contribution in [2.24, 2.45) is 11.7 Å². The van der Waals surface area contributed by atoms with Crippen LogP contribution in [-0.2, 0) is 4.79 Å². The number of nitrogens with two attached hydrogens (primary N) is 1. The van der Waals surface area contributed by atoms with Gasteiger partial charge in [-0.15, -0.1) is 0 Å². The topological polar surface area (TPSA) is 55.1 Å². The number of primary amides is 1. The van der Waals surface area contributed by atoms with Crippen molar-refractivity contribution in [3.05, 3.63) is 29.3 Å². The van der Waals surface area contributed by atoms with Gasteiger partial charge in [0.1, 0.15) is 5.54 Å². The maximum Gasteiger partial charge on any atom is 0.243 e. The van der Waals surface area contributed by atoms with Crippen molar-refractivity contribution in [2.75, 3.05) is 5.32 Å². The first-order chi connectivity index (χ1) is 9.07. The number of hydrogen-bond acceptors (Lipinski definition) is 2. The lowest BCUT2D eigenvalue weighted by molar-refractivity contribution is -0.123. The van der Waals surface area contributed by atoms with E-state index < -0.39 is 5.54 Å². The lowest BCUT2D eigenvalue weighted by atomic mass is 9.75. The predicted molar refractivity (Wildman–Crippen MR) is 79.2 cm³/mol. The summed E-state index contributed by atoms with van der Waals surface area (Å²) in [6, 6.07) is 7.48. The molecule has 2 rings (SSSR count). The largest absolute Gasteiger partial charge is 0.370 e. The Kier molecular flexibility index (Phi) is 4.35. The Morgan fingerprint density at radius 1 is 1.42 bits per heavy atom. The van der Waals surface area contributed by atoms with Gasteiger partial charge in [0.05, 0.1) is 10.7 Å². The number of rotatable bonds is 4. The third-order valence-corrected chi connectivity index (χ3v) is 4.59. The van der Waals surface area contributed by atoms with E-state index in [1.807, 2.05) is 24.3 Å². The molecule has 3 N–H and O–H groups in total. The summed E-state index contributed by atoms with van der Waals surface area (Å²) in [5.41, 5.74) is 5.79. The van der Waals surface area contributed by atoms with Gasteiger partial charge in [0.2, 0.25) is 5.91 Å². The van der Waals surface area contributed by atoms with Crippen molar-refractivity contribution in [3.63, 3.8) is 0 Å². The van der Waals surface area contributed by atoms with E-state index in [9.17, 15) is 4.79 Å². The van der Waals surface area contributed by atoms with E-state index in [1.165, 1.54) is 6.42 Å². The molecule has 0 bridgehead atoms. The summed E-state index contributed by atoms with van der Waals surface area (Å²) in [6.07, 6.45) is 4.81. The zero-order valence-electron chi connectivity index (χ0n) is 11.3. The first kappa shape index (κ1) is 14.2. The van der Waals surface area contributed by atoms with E-state index in [-0.39, 0.29) is 5.91 Å². The second-order valence-corrected chi connectivity index (χ2v) is 5.81. The molecule has 19 heavy (non-hydrogen) atoms. The second kappa shape index (κ2) is 5.83. The molecule has 0 unspecified atom stereocenters. The van der Waals surface area contributed by atoms with Gasteiger partial charge in [0.15, 0.2) is 0 Å². The van der Waals surface area contributed by atoms with Crippen molar-refractivity contribution in [1.29, 1.82) is 0 Å². The lowest BCUT2D eigenvalue weighted by Gasteiger charge is -2.39. The number of halogens is 1. The number of hydrogen-bond donors (Lipinski definition) is 2. The van der Waals surface area contributed by atoms with Crippen LogP contribution in [0.15, 0.2) is 24.3 Å². The summed E-state index contributed by atoms with van der Waals surface area (Å²) in [6.45, 7) is 2.20. The summed E-state index contributed by atoms with van der Waals surface area (Å²) >= 11 is 6.15. The van der Waals surface area contributed by atoms with Crippen molar-refractivity contribution in [3.8, 4) is 0 Å². The van der Waals surface area contributed by atoms with E-state index in [4.69, 9.17) is 17.3 Å². The molecule has 0 radical (unpaired) electrons. The highest BCUT2D eigenvalue weighted by Crippen LogP contribution is 2.37. The van der Waals surface area contributed by atoms with Gasteiger partial charge in [0, 0.05) is 0 Å². The highest BCUT2D eigenvalue weighted by atomic mass is 35.5. The van der Waals surface area contributed by atoms with Crippen molar-refractivity contribution >= 4 is 23.2 Å². The average molecular weight is 281 g/mol. The van der Waals surface area contributed by atoms with Crippen molar-refractivity contribution in [1.82, 2.24) is 0 Å². The Morgan fingerprint density at radius 3 is 2.58 bits per heavy atom. The number of carbonyl (C=O) groups excluding carboxylic acids is 1. The van der Waals surface area contributed by atoms with E-state index in [0.717, 1.165) is 31.4 Å². The minimum absolute atomic E-state index is 0.276. The summed E-state index contributed by atoms with van der Waals surface area (Å²) in [4.78, 5) is 11.9. The molecule has 1 aliphatic rings. The molecule has 1 aromatic rings. The molecule has 1 saturated carbocycles. The van der Waals surface area contributed by atoms with Crippen LogP contribution in [-0.4, -0.2) is 11.4 Å². The smallest absolute Gasteiger partial charge is 0.243 e. The van der Waals surface area contributed by atoms with Crippen LogP contribution < -0.4 is 11.1 Å². The van der Waals surface area contributed by atoms with Gasteiger partial charge in [-0.3, -0.25) is 4.79 Å². The number of para-hydroxylation sites is 1. The summed E-state index contributed by atoms with van der Waals surface area (Å²) in [7, 11) is 0. The predicted octanol–water partition coefficient (Wildman–Crippen LogP) is 3.58. The molecule has 104 valence electrons. The molecule has 1 aliphatic carbocycles. The van der Waals surface area contributed by atoms with Gasteiger partial charge in [0.25, 0.3) is 0 Å². The van der Waals surface area contributed by atoms with E-state index in [0.29, 0.717) is 10.9 Å². The number of nitrogens with one attached hydrogen (secondary N) is 1. The zero-order valence-corrected chi connectivity index (χ0v) is 12.0. The molecule has 0 aromatic heterocycles. The third kappa shape index (κ3) is 3.03. The van der Waals surface area contributed by atoms with Crippen LogP contribution in [0.1, 0.15) is 39.0 Å². The maximum atomic E-state index is 11.9. The minimum atomic E-state index is -0.642.